The summed E-state index contributed by atoms with van der Waals surface area (Å²) in [7, 11) is -3.39. The molecule has 1 aromatic heterocycles. The molecular formula is C15H19N3O4S. The van der Waals surface area contributed by atoms with Crippen LogP contribution in [0.3, 0.4) is 0 Å². The molecule has 1 N–H and O–H groups in total. The van der Waals surface area contributed by atoms with E-state index in [0.717, 1.165) is 5.69 Å². The number of rotatable bonds is 6. The lowest BCUT2D eigenvalue weighted by atomic mass is 10.3. The van der Waals surface area contributed by atoms with Crippen molar-refractivity contribution in [1.29, 1.82) is 0 Å². The van der Waals surface area contributed by atoms with Gasteiger partial charge in [0.1, 0.15) is 12.4 Å². The molecule has 0 amide bonds. The molecule has 8 heteroatoms. The molecule has 0 atom stereocenters. The molecule has 0 saturated carbocycles. The quantitative estimate of drug-likeness (QED) is 0.834. The van der Waals surface area contributed by atoms with Gasteiger partial charge in [0, 0.05) is 6.54 Å². The lowest BCUT2D eigenvalue weighted by molar-refractivity contribution is 0.273. The molecule has 0 spiro atoms. The van der Waals surface area contributed by atoms with E-state index in [1.54, 1.807) is 22.9 Å². The molecule has 0 saturated heterocycles. The smallest absolute Gasteiger partial charge is 0.217 e. The average Bonchev–Trinajstić information content (AvgIpc) is 2.98. The number of hydrogen-bond donors (Lipinski definition) is 1. The highest BCUT2D eigenvalue weighted by molar-refractivity contribution is 7.89. The maximum atomic E-state index is 12.4. The zero-order valence-electron chi connectivity index (χ0n) is 12.6. The first-order valence-corrected chi connectivity index (χ1v) is 9.01. The summed E-state index contributed by atoms with van der Waals surface area (Å²) in [6.07, 6.45) is 0. The van der Waals surface area contributed by atoms with E-state index in [0.29, 0.717) is 24.5 Å². The molecule has 124 valence electrons. The second-order valence-electron chi connectivity index (χ2n) is 5.32. The third-order valence-corrected chi connectivity index (χ3v) is 5.50. The van der Waals surface area contributed by atoms with Gasteiger partial charge < -0.3 is 9.84 Å². The fraction of sp³-hybridized carbons (Fsp3) is 0.400. The van der Waals surface area contributed by atoms with Gasteiger partial charge in [0.2, 0.25) is 10.0 Å². The number of benzene rings is 1. The molecule has 2 heterocycles. The van der Waals surface area contributed by atoms with Gasteiger partial charge >= 0.3 is 0 Å². The summed E-state index contributed by atoms with van der Waals surface area (Å²) < 4.78 is 33.5. The van der Waals surface area contributed by atoms with Crippen LogP contribution in [0.15, 0.2) is 36.4 Å². The second-order valence-corrected chi connectivity index (χ2v) is 7.41. The number of para-hydroxylation sites is 1. The Morgan fingerprint density at radius 2 is 2.00 bits per heavy atom. The van der Waals surface area contributed by atoms with Crippen LogP contribution in [-0.2, 0) is 29.7 Å². The van der Waals surface area contributed by atoms with Gasteiger partial charge in [-0.25, -0.2) is 8.42 Å². The normalized spacial score (nSPS) is 15.3. The minimum absolute atomic E-state index is 0.0666. The molecule has 3 rings (SSSR count). The fourth-order valence-corrected chi connectivity index (χ4v) is 3.77. The van der Waals surface area contributed by atoms with Gasteiger partial charge in [0.05, 0.1) is 36.8 Å². The van der Waals surface area contributed by atoms with Crippen LogP contribution in [0.5, 0.6) is 5.75 Å². The lowest BCUT2D eigenvalue weighted by Crippen LogP contribution is -2.40. The van der Waals surface area contributed by atoms with Gasteiger partial charge in [0.25, 0.3) is 0 Å². The van der Waals surface area contributed by atoms with Crippen LogP contribution < -0.4 is 4.74 Å². The third kappa shape index (κ3) is 3.72. The number of fused-ring (bicyclic) bond motifs is 1. The van der Waals surface area contributed by atoms with Crippen molar-refractivity contribution in [3.8, 4) is 5.75 Å². The molecule has 0 bridgehead atoms. The van der Waals surface area contributed by atoms with Crippen LogP contribution in [0.2, 0.25) is 0 Å². The molecule has 2 aromatic rings. The number of ether oxygens (including phenoxy) is 1. The Labute approximate surface area is 135 Å². The highest BCUT2D eigenvalue weighted by atomic mass is 32.2. The maximum Gasteiger partial charge on any atom is 0.217 e. The van der Waals surface area contributed by atoms with Crippen LogP contribution in [0.4, 0.5) is 0 Å². The van der Waals surface area contributed by atoms with Crippen LogP contribution in [0.25, 0.3) is 0 Å². The topological polar surface area (TPSA) is 84.7 Å². The van der Waals surface area contributed by atoms with E-state index < -0.39 is 10.0 Å². The molecule has 1 aliphatic rings. The number of nitrogens with zero attached hydrogens (tertiary/aromatic N) is 3. The van der Waals surface area contributed by atoms with E-state index in [2.05, 4.69) is 5.10 Å². The number of aliphatic hydroxyl groups excluding tert-OH is 1. The van der Waals surface area contributed by atoms with Crippen molar-refractivity contribution < 1.29 is 18.3 Å². The Bertz CT molecular complexity index is 758. The van der Waals surface area contributed by atoms with Crippen molar-refractivity contribution in [3.63, 3.8) is 0 Å². The van der Waals surface area contributed by atoms with Gasteiger partial charge in [-0.15, -0.1) is 0 Å². The first-order chi connectivity index (χ1) is 11.1. The fourth-order valence-electron chi connectivity index (χ4n) is 2.53. The van der Waals surface area contributed by atoms with Crippen molar-refractivity contribution in [2.45, 2.75) is 19.7 Å². The Balaban J connectivity index is 1.59. The summed E-state index contributed by atoms with van der Waals surface area (Å²) in [6, 6.07) is 10.9. The first-order valence-electron chi connectivity index (χ1n) is 7.40. The Morgan fingerprint density at radius 3 is 2.74 bits per heavy atom. The van der Waals surface area contributed by atoms with Crippen molar-refractivity contribution >= 4 is 10.0 Å². The zero-order valence-corrected chi connectivity index (χ0v) is 13.4. The van der Waals surface area contributed by atoms with Gasteiger partial charge in [-0.05, 0) is 18.2 Å². The Kier molecular flexibility index (Phi) is 4.65. The van der Waals surface area contributed by atoms with Crippen molar-refractivity contribution in [3.05, 3.63) is 47.8 Å². The molecule has 1 aliphatic heterocycles. The number of sulfonamides is 1. The van der Waals surface area contributed by atoms with Crippen molar-refractivity contribution in [2.24, 2.45) is 0 Å². The zero-order chi connectivity index (χ0) is 16.3. The standard InChI is InChI=1S/C15H19N3O4S/c19-12-13-10-14-11-17(6-7-18(14)16-13)23(20,21)9-8-22-15-4-2-1-3-5-15/h1-5,10,19H,6-9,11-12H2. The molecule has 7 nitrogen and oxygen atoms in total. The lowest BCUT2D eigenvalue weighted by Gasteiger charge is -2.26. The summed E-state index contributed by atoms with van der Waals surface area (Å²) in [5.41, 5.74) is 1.36. The van der Waals surface area contributed by atoms with Crippen LogP contribution in [0.1, 0.15) is 11.4 Å². The summed E-state index contributed by atoms with van der Waals surface area (Å²) in [4.78, 5) is 0. The second kappa shape index (κ2) is 6.69. The third-order valence-electron chi connectivity index (χ3n) is 3.72. The van der Waals surface area contributed by atoms with Crippen LogP contribution >= 0.6 is 0 Å². The Hall–Kier alpha value is -1.90. The Morgan fingerprint density at radius 1 is 1.22 bits per heavy atom. The van der Waals surface area contributed by atoms with E-state index in [4.69, 9.17) is 9.84 Å². The summed E-state index contributed by atoms with van der Waals surface area (Å²) in [5, 5.41) is 13.3. The van der Waals surface area contributed by atoms with E-state index in [1.165, 1.54) is 4.31 Å². The maximum absolute atomic E-state index is 12.4. The summed E-state index contributed by atoms with van der Waals surface area (Å²) in [5.74, 6) is 0.593. The van der Waals surface area contributed by atoms with E-state index in [1.807, 2.05) is 18.2 Å². The predicted octanol–water partition coefficient (Wildman–Crippen LogP) is 0.600. The molecule has 23 heavy (non-hydrogen) atoms. The minimum atomic E-state index is -3.39. The van der Waals surface area contributed by atoms with E-state index in [-0.39, 0.29) is 25.5 Å². The molecule has 0 radical (unpaired) electrons. The summed E-state index contributed by atoms with van der Waals surface area (Å²) >= 11 is 0. The van der Waals surface area contributed by atoms with Gasteiger partial charge in [-0.1, -0.05) is 18.2 Å². The minimum Gasteiger partial charge on any atom is -0.492 e. The average molecular weight is 337 g/mol. The molecular weight excluding hydrogens is 318 g/mol. The van der Waals surface area contributed by atoms with E-state index >= 15 is 0 Å². The van der Waals surface area contributed by atoms with Gasteiger partial charge in [0.15, 0.2) is 0 Å². The monoisotopic (exact) mass is 337 g/mol. The largest absolute Gasteiger partial charge is 0.492 e. The number of hydrogen-bond acceptors (Lipinski definition) is 5. The number of aromatic nitrogens is 2. The highest BCUT2D eigenvalue weighted by Crippen LogP contribution is 2.17. The SMILES string of the molecule is O=S(=O)(CCOc1ccccc1)N1CCn2nc(CO)cc2C1. The van der Waals surface area contributed by atoms with Crippen molar-refractivity contribution in [1.82, 2.24) is 14.1 Å². The van der Waals surface area contributed by atoms with Crippen LogP contribution in [0, 0.1) is 0 Å². The number of aliphatic hydroxyl groups is 1. The molecule has 1 aromatic carbocycles. The molecule has 0 fully saturated rings. The highest BCUT2D eigenvalue weighted by Gasteiger charge is 2.27. The molecule has 0 unspecified atom stereocenters. The molecule has 0 aliphatic carbocycles. The predicted molar refractivity (Wildman–Crippen MR) is 84.3 cm³/mol. The summed E-state index contributed by atoms with van der Waals surface area (Å²) in [6.45, 7) is 1.13. The van der Waals surface area contributed by atoms with E-state index in [9.17, 15) is 8.42 Å². The van der Waals surface area contributed by atoms with Crippen molar-refractivity contribution in [2.75, 3.05) is 18.9 Å². The first kappa shape index (κ1) is 16.0. The van der Waals surface area contributed by atoms with Gasteiger partial charge in [-0.3, -0.25) is 4.68 Å². The van der Waals surface area contributed by atoms with Gasteiger partial charge in [-0.2, -0.15) is 9.40 Å². The van der Waals surface area contributed by atoms with Crippen LogP contribution in [-0.4, -0.2) is 46.5 Å².